The fourth-order valence-corrected chi connectivity index (χ4v) is 3.64. The second-order valence-electron chi connectivity index (χ2n) is 7.56. The van der Waals surface area contributed by atoms with Gasteiger partial charge in [-0.25, -0.2) is 4.98 Å². The summed E-state index contributed by atoms with van der Waals surface area (Å²) in [5, 5.41) is 3.45. The highest BCUT2D eigenvalue weighted by Crippen LogP contribution is 2.26. The Bertz CT molecular complexity index is 478. The number of rotatable bonds is 4. The molecule has 3 heterocycles. The van der Waals surface area contributed by atoms with Crippen molar-refractivity contribution < 1.29 is 0 Å². The van der Waals surface area contributed by atoms with E-state index in [0.29, 0.717) is 0 Å². The maximum absolute atomic E-state index is 4.96. The molecule has 0 bridgehead atoms. The fraction of sp³-hybridized carbons (Fsp3) is 0.824. The smallest absolute Gasteiger partial charge is 0.114 e. The Morgan fingerprint density at radius 1 is 1.14 bits per heavy atom. The molecule has 0 spiro atoms. The van der Waals surface area contributed by atoms with Gasteiger partial charge in [0.25, 0.3) is 0 Å². The largest absolute Gasteiger partial charge is 0.331 e. The quantitative estimate of drug-likeness (QED) is 0.924. The topological polar surface area (TPSA) is 33.1 Å². The highest BCUT2D eigenvalue weighted by Gasteiger charge is 2.26. The van der Waals surface area contributed by atoms with E-state index in [-0.39, 0.29) is 5.41 Å². The number of likely N-dealkylation sites (tertiary alicyclic amines) is 1. The number of fused-ring (bicyclic) bond motifs is 1. The minimum absolute atomic E-state index is 0.130. The van der Waals surface area contributed by atoms with Crippen LogP contribution in [-0.2, 0) is 24.9 Å². The van der Waals surface area contributed by atoms with E-state index in [0.717, 1.165) is 26.1 Å². The summed E-state index contributed by atoms with van der Waals surface area (Å²) >= 11 is 0. The van der Waals surface area contributed by atoms with Gasteiger partial charge in [0.15, 0.2) is 0 Å². The van der Waals surface area contributed by atoms with E-state index >= 15 is 0 Å². The molecule has 0 aromatic carbocycles. The minimum Gasteiger partial charge on any atom is -0.331 e. The van der Waals surface area contributed by atoms with Crippen LogP contribution in [0.5, 0.6) is 0 Å². The molecule has 0 aliphatic carbocycles. The molecule has 0 atom stereocenters. The molecule has 1 N–H and O–H groups in total. The van der Waals surface area contributed by atoms with Crippen molar-refractivity contribution in [3.8, 4) is 0 Å². The SMILES string of the molecule is CC(C)(C)c1nc2c(n1CCCN1CCCC1)CCNC2. The van der Waals surface area contributed by atoms with Crippen LogP contribution < -0.4 is 5.32 Å². The van der Waals surface area contributed by atoms with Gasteiger partial charge in [-0.3, -0.25) is 0 Å². The summed E-state index contributed by atoms with van der Waals surface area (Å²) in [6.45, 7) is 13.9. The van der Waals surface area contributed by atoms with E-state index in [1.165, 1.54) is 56.1 Å². The molecular weight excluding hydrogens is 260 g/mol. The lowest BCUT2D eigenvalue weighted by Crippen LogP contribution is -2.27. The monoisotopic (exact) mass is 290 g/mol. The van der Waals surface area contributed by atoms with Crippen LogP contribution in [0.15, 0.2) is 0 Å². The molecule has 1 aromatic heterocycles. The first kappa shape index (κ1) is 15.0. The lowest BCUT2D eigenvalue weighted by molar-refractivity contribution is 0.321. The summed E-state index contributed by atoms with van der Waals surface area (Å²) < 4.78 is 2.53. The van der Waals surface area contributed by atoms with Crippen molar-refractivity contribution >= 4 is 0 Å². The van der Waals surface area contributed by atoms with Crippen LogP contribution in [0.3, 0.4) is 0 Å². The molecule has 1 aromatic rings. The fourth-order valence-electron chi connectivity index (χ4n) is 3.64. The summed E-state index contributed by atoms with van der Waals surface area (Å²) in [6, 6.07) is 0. The Hall–Kier alpha value is -0.870. The normalized spacial score (nSPS) is 20.0. The first-order chi connectivity index (χ1) is 10.1. The summed E-state index contributed by atoms with van der Waals surface area (Å²) in [4.78, 5) is 7.57. The Morgan fingerprint density at radius 3 is 2.62 bits per heavy atom. The van der Waals surface area contributed by atoms with Crippen LogP contribution in [0, 0.1) is 0 Å². The molecule has 1 fully saturated rings. The Balaban J connectivity index is 1.73. The zero-order valence-corrected chi connectivity index (χ0v) is 13.9. The van der Waals surface area contributed by atoms with Gasteiger partial charge in [0, 0.05) is 37.2 Å². The zero-order valence-electron chi connectivity index (χ0n) is 13.9. The second-order valence-corrected chi connectivity index (χ2v) is 7.56. The minimum atomic E-state index is 0.130. The van der Waals surface area contributed by atoms with E-state index in [9.17, 15) is 0 Å². The molecule has 0 saturated carbocycles. The first-order valence-corrected chi connectivity index (χ1v) is 8.57. The van der Waals surface area contributed by atoms with Crippen molar-refractivity contribution in [2.75, 3.05) is 26.2 Å². The van der Waals surface area contributed by atoms with Gasteiger partial charge in [0.2, 0.25) is 0 Å². The molecule has 1 saturated heterocycles. The van der Waals surface area contributed by atoms with Gasteiger partial charge >= 0.3 is 0 Å². The summed E-state index contributed by atoms with van der Waals surface area (Å²) in [5.41, 5.74) is 2.90. The third-order valence-corrected chi connectivity index (χ3v) is 4.71. The van der Waals surface area contributed by atoms with E-state index in [1.807, 2.05) is 0 Å². The Labute approximate surface area is 128 Å². The highest BCUT2D eigenvalue weighted by molar-refractivity contribution is 5.23. The van der Waals surface area contributed by atoms with Gasteiger partial charge in [0.1, 0.15) is 5.82 Å². The standard InChI is InChI=1S/C17H30N4/c1-17(2,3)16-19-14-13-18-8-7-15(14)21(16)12-6-11-20-9-4-5-10-20/h18H,4-13H2,1-3H3. The predicted octanol–water partition coefficient (Wildman–Crippen LogP) is 2.31. The van der Waals surface area contributed by atoms with E-state index in [1.54, 1.807) is 0 Å². The van der Waals surface area contributed by atoms with Gasteiger partial charge < -0.3 is 14.8 Å². The average Bonchev–Trinajstić information content (AvgIpc) is 3.06. The highest BCUT2D eigenvalue weighted by atomic mass is 15.2. The maximum Gasteiger partial charge on any atom is 0.114 e. The van der Waals surface area contributed by atoms with Crippen LogP contribution in [0.25, 0.3) is 0 Å². The van der Waals surface area contributed by atoms with Crippen LogP contribution in [-0.4, -0.2) is 40.6 Å². The van der Waals surface area contributed by atoms with Crippen molar-refractivity contribution in [3.63, 3.8) is 0 Å². The maximum atomic E-state index is 4.96. The molecule has 3 rings (SSSR count). The van der Waals surface area contributed by atoms with Gasteiger partial charge in [-0.1, -0.05) is 20.8 Å². The predicted molar refractivity (Wildman–Crippen MR) is 86.6 cm³/mol. The third-order valence-electron chi connectivity index (χ3n) is 4.71. The number of imidazole rings is 1. The van der Waals surface area contributed by atoms with Crippen LogP contribution in [0.2, 0.25) is 0 Å². The number of hydrogen-bond donors (Lipinski definition) is 1. The second kappa shape index (κ2) is 6.09. The molecule has 21 heavy (non-hydrogen) atoms. The van der Waals surface area contributed by atoms with Crippen LogP contribution in [0.1, 0.15) is 57.2 Å². The molecule has 0 radical (unpaired) electrons. The van der Waals surface area contributed by atoms with Crippen molar-refractivity contribution in [2.45, 2.75) is 65.0 Å². The first-order valence-electron chi connectivity index (χ1n) is 8.57. The summed E-state index contributed by atoms with van der Waals surface area (Å²) in [7, 11) is 0. The van der Waals surface area contributed by atoms with Crippen molar-refractivity contribution in [3.05, 3.63) is 17.2 Å². The van der Waals surface area contributed by atoms with Crippen molar-refractivity contribution in [1.82, 2.24) is 19.8 Å². The number of nitrogens with one attached hydrogen (secondary N) is 1. The lowest BCUT2D eigenvalue weighted by Gasteiger charge is -2.23. The van der Waals surface area contributed by atoms with Crippen molar-refractivity contribution in [1.29, 1.82) is 0 Å². The van der Waals surface area contributed by atoms with Gasteiger partial charge in [-0.2, -0.15) is 0 Å². The lowest BCUT2D eigenvalue weighted by atomic mass is 9.95. The van der Waals surface area contributed by atoms with E-state index < -0.39 is 0 Å². The van der Waals surface area contributed by atoms with E-state index in [2.05, 4.69) is 35.6 Å². The van der Waals surface area contributed by atoms with Crippen LogP contribution >= 0.6 is 0 Å². The molecule has 4 heteroatoms. The molecule has 118 valence electrons. The molecule has 0 amide bonds. The number of hydrogen-bond acceptors (Lipinski definition) is 3. The molecule has 2 aliphatic heterocycles. The summed E-state index contributed by atoms with van der Waals surface area (Å²) in [6.07, 6.45) is 5.15. The molecule has 2 aliphatic rings. The Kier molecular flexibility index (Phi) is 4.36. The molecular formula is C17H30N4. The number of nitrogens with zero attached hydrogens (tertiary/aromatic N) is 3. The van der Waals surface area contributed by atoms with Gasteiger partial charge in [0.05, 0.1) is 5.69 Å². The number of aromatic nitrogens is 2. The Morgan fingerprint density at radius 2 is 1.90 bits per heavy atom. The van der Waals surface area contributed by atoms with E-state index in [4.69, 9.17) is 4.98 Å². The van der Waals surface area contributed by atoms with Crippen LogP contribution in [0.4, 0.5) is 0 Å². The van der Waals surface area contributed by atoms with Gasteiger partial charge in [-0.05, 0) is 38.9 Å². The van der Waals surface area contributed by atoms with Crippen molar-refractivity contribution in [2.24, 2.45) is 0 Å². The zero-order chi connectivity index (χ0) is 14.9. The third kappa shape index (κ3) is 3.32. The average molecular weight is 290 g/mol. The summed E-state index contributed by atoms with van der Waals surface area (Å²) in [5.74, 6) is 1.28. The van der Waals surface area contributed by atoms with Gasteiger partial charge in [-0.15, -0.1) is 0 Å². The molecule has 4 nitrogen and oxygen atoms in total. The molecule has 0 unspecified atom stereocenters.